The van der Waals surface area contributed by atoms with Gasteiger partial charge in [0.2, 0.25) is 0 Å². The smallest absolute Gasteiger partial charge is 0.306 e. The Morgan fingerprint density at radius 3 is 1.21 bits per heavy atom. The molecule has 0 amide bonds. The fourth-order valence-electron chi connectivity index (χ4n) is 5.47. The summed E-state index contributed by atoms with van der Waals surface area (Å²) >= 11 is 0. The molecule has 302 valence electrons. The third kappa shape index (κ3) is 39.9. The summed E-state index contributed by atoms with van der Waals surface area (Å²) in [5.41, 5.74) is 0. The van der Waals surface area contributed by atoms with E-state index in [4.69, 9.17) is 14.2 Å². The van der Waals surface area contributed by atoms with E-state index < -0.39 is 6.10 Å². The number of allylic oxidation sites excluding steroid dienone is 12. The lowest BCUT2D eigenvalue weighted by Crippen LogP contribution is -2.30. The molecular weight excluding hydrogens is 661 g/mol. The van der Waals surface area contributed by atoms with E-state index >= 15 is 0 Å². The molecule has 1 unspecified atom stereocenters. The highest BCUT2D eigenvalue weighted by Gasteiger charge is 2.19. The van der Waals surface area contributed by atoms with E-state index in [1.54, 1.807) is 0 Å². The molecule has 1 atom stereocenters. The van der Waals surface area contributed by atoms with Crippen LogP contribution < -0.4 is 0 Å². The van der Waals surface area contributed by atoms with E-state index in [-0.39, 0.29) is 31.1 Å². The van der Waals surface area contributed by atoms with Crippen molar-refractivity contribution >= 4 is 17.9 Å². The van der Waals surface area contributed by atoms with Crippen LogP contribution in [-0.2, 0) is 28.6 Å². The van der Waals surface area contributed by atoms with Gasteiger partial charge in [0.05, 0.1) is 0 Å². The SMILES string of the molecule is CC/C=C\C/C=C\C/C=C\CCCCC(=O)OCC(COC(=O)CCCCCCC/C=C\CCCC)OC(=O)CCCCCCC/C=C\C/C=C\CC. The number of carbonyl (C=O) groups excluding carboxylic acids is 3. The Bertz CT molecular complexity index is 1030. The minimum atomic E-state index is -0.798. The predicted octanol–water partition coefficient (Wildman–Crippen LogP) is 13.5. The van der Waals surface area contributed by atoms with Crippen molar-refractivity contribution in [1.82, 2.24) is 0 Å². The maximum absolute atomic E-state index is 12.7. The molecule has 0 saturated carbocycles. The van der Waals surface area contributed by atoms with Gasteiger partial charge in [-0.2, -0.15) is 0 Å². The van der Waals surface area contributed by atoms with Crippen LogP contribution in [0, 0.1) is 0 Å². The van der Waals surface area contributed by atoms with Crippen LogP contribution in [0.15, 0.2) is 72.9 Å². The molecule has 6 heteroatoms. The van der Waals surface area contributed by atoms with Crippen LogP contribution in [0.2, 0.25) is 0 Å². The van der Waals surface area contributed by atoms with Crippen molar-refractivity contribution in [3.8, 4) is 0 Å². The molecular formula is C47H78O6. The number of hydrogen-bond donors (Lipinski definition) is 0. The van der Waals surface area contributed by atoms with Crippen LogP contribution >= 0.6 is 0 Å². The fraction of sp³-hybridized carbons (Fsp3) is 0.681. The topological polar surface area (TPSA) is 78.9 Å². The lowest BCUT2D eigenvalue weighted by atomic mass is 10.1. The predicted molar refractivity (Wildman–Crippen MR) is 224 cm³/mol. The monoisotopic (exact) mass is 739 g/mol. The molecule has 0 aromatic heterocycles. The van der Waals surface area contributed by atoms with Gasteiger partial charge in [-0.25, -0.2) is 0 Å². The summed E-state index contributed by atoms with van der Waals surface area (Å²) in [5, 5.41) is 0. The minimum Gasteiger partial charge on any atom is -0.462 e. The first-order chi connectivity index (χ1) is 26.0. The van der Waals surface area contributed by atoms with Crippen LogP contribution in [0.25, 0.3) is 0 Å². The normalized spacial score (nSPS) is 12.7. The first-order valence-corrected chi connectivity index (χ1v) is 21.4. The maximum atomic E-state index is 12.7. The van der Waals surface area contributed by atoms with Crippen LogP contribution in [-0.4, -0.2) is 37.2 Å². The average molecular weight is 739 g/mol. The van der Waals surface area contributed by atoms with Gasteiger partial charge in [-0.15, -0.1) is 0 Å². The molecule has 0 spiro atoms. The van der Waals surface area contributed by atoms with Gasteiger partial charge in [-0.05, 0) is 96.3 Å². The van der Waals surface area contributed by atoms with E-state index in [1.807, 2.05) is 0 Å². The lowest BCUT2D eigenvalue weighted by Gasteiger charge is -2.18. The Kier molecular flexibility index (Phi) is 39.1. The molecule has 0 bridgehead atoms. The van der Waals surface area contributed by atoms with Gasteiger partial charge in [0.1, 0.15) is 13.2 Å². The van der Waals surface area contributed by atoms with Crippen molar-refractivity contribution in [3.63, 3.8) is 0 Å². The highest BCUT2D eigenvalue weighted by atomic mass is 16.6. The Labute approximate surface area is 325 Å². The van der Waals surface area contributed by atoms with Gasteiger partial charge < -0.3 is 14.2 Å². The van der Waals surface area contributed by atoms with Gasteiger partial charge in [0.15, 0.2) is 6.10 Å². The molecule has 0 rings (SSSR count). The maximum Gasteiger partial charge on any atom is 0.306 e. The number of rotatable bonds is 37. The highest BCUT2D eigenvalue weighted by molar-refractivity contribution is 5.71. The summed E-state index contributed by atoms with van der Waals surface area (Å²) in [7, 11) is 0. The van der Waals surface area contributed by atoms with Crippen molar-refractivity contribution in [2.75, 3.05) is 13.2 Å². The first-order valence-electron chi connectivity index (χ1n) is 21.4. The third-order valence-corrected chi connectivity index (χ3v) is 8.68. The standard InChI is InChI=1S/C47H78O6/c1-4-7-10-13-16-19-22-25-28-31-34-37-40-46(49)52-43-44(42-51-45(48)39-36-33-30-27-24-21-18-15-12-9-6-3)53-47(50)41-38-35-32-29-26-23-20-17-14-11-8-5-2/h7-8,10-11,15-20,25,28,44H,4-6,9,12-14,21-24,26-27,29-43H2,1-3H3/b10-7-,11-8-,18-15-,19-16-,20-17-,28-25-. The average Bonchev–Trinajstić information content (AvgIpc) is 3.15. The van der Waals surface area contributed by atoms with Crippen molar-refractivity contribution < 1.29 is 28.6 Å². The summed E-state index contributed by atoms with van der Waals surface area (Å²) in [6, 6.07) is 0. The van der Waals surface area contributed by atoms with Crippen LogP contribution in [0.4, 0.5) is 0 Å². The second-order valence-electron chi connectivity index (χ2n) is 13.8. The summed E-state index contributed by atoms with van der Waals surface area (Å²) in [6.45, 7) is 6.29. The molecule has 0 aliphatic rings. The van der Waals surface area contributed by atoms with Crippen molar-refractivity contribution in [2.24, 2.45) is 0 Å². The molecule has 0 fully saturated rings. The molecule has 0 aromatic carbocycles. The summed E-state index contributed by atoms with van der Waals surface area (Å²) in [4.78, 5) is 37.6. The molecule has 0 aliphatic heterocycles. The van der Waals surface area contributed by atoms with Gasteiger partial charge in [-0.1, -0.05) is 145 Å². The second-order valence-corrected chi connectivity index (χ2v) is 13.8. The molecule has 0 N–H and O–H groups in total. The van der Waals surface area contributed by atoms with Crippen molar-refractivity contribution in [2.45, 2.75) is 194 Å². The van der Waals surface area contributed by atoms with Crippen molar-refractivity contribution in [1.29, 1.82) is 0 Å². The van der Waals surface area contributed by atoms with Crippen LogP contribution in [0.5, 0.6) is 0 Å². The van der Waals surface area contributed by atoms with Gasteiger partial charge in [0.25, 0.3) is 0 Å². The lowest BCUT2D eigenvalue weighted by molar-refractivity contribution is -0.167. The second kappa shape index (κ2) is 41.6. The van der Waals surface area contributed by atoms with E-state index in [9.17, 15) is 14.4 Å². The summed E-state index contributed by atoms with van der Waals surface area (Å²) in [6.07, 6.45) is 50.3. The molecule has 53 heavy (non-hydrogen) atoms. The Morgan fingerprint density at radius 1 is 0.396 bits per heavy atom. The van der Waals surface area contributed by atoms with E-state index in [2.05, 4.69) is 93.7 Å². The van der Waals surface area contributed by atoms with Crippen LogP contribution in [0.3, 0.4) is 0 Å². The Morgan fingerprint density at radius 2 is 0.736 bits per heavy atom. The minimum absolute atomic E-state index is 0.0991. The fourth-order valence-corrected chi connectivity index (χ4v) is 5.47. The van der Waals surface area contributed by atoms with Gasteiger partial charge >= 0.3 is 17.9 Å². The summed E-state index contributed by atoms with van der Waals surface area (Å²) in [5.74, 6) is -0.974. The molecule has 0 aromatic rings. The van der Waals surface area contributed by atoms with Gasteiger partial charge in [0, 0.05) is 19.3 Å². The molecule has 6 nitrogen and oxygen atoms in total. The largest absolute Gasteiger partial charge is 0.462 e. The quantitative estimate of drug-likeness (QED) is 0.0273. The molecule has 0 heterocycles. The molecule has 0 aliphatic carbocycles. The Balaban J connectivity index is 4.48. The summed E-state index contributed by atoms with van der Waals surface area (Å²) < 4.78 is 16.6. The van der Waals surface area contributed by atoms with E-state index in [1.165, 1.54) is 25.7 Å². The van der Waals surface area contributed by atoms with Gasteiger partial charge in [-0.3, -0.25) is 14.4 Å². The zero-order valence-electron chi connectivity index (χ0n) is 34.3. The Hall–Kier alpha value is -3.15. The number of carbonyl (C=O) groups is 3. The first kappa shape index (κ1) is 49.9. The number of ether oxygens (including phenoxy) is 3. The van der Waals surface area contributed by atoms with E-state index in [0.29, 0.717) is 19.3 Å². The number of unbranched alkanes of at least 4 members (excludes halogenated alkanes) is 14. The van der Waals surface area contributed by atoms with Crippen LogP contribution in [0.1, 0.15) is 188 Å². The number of esters is 3. The van der Waals surface area contributed by atoms with E-state index in [0.717, 1.165) is 122 Å². The molecule has 0 radical (unpaired) electrons. The van der Waals surface area contributed by atoms with Crippen molar-refractivity contribution in [3.05, 3.63) is 72.9 Å². The zero-order valence-corrected chi connectivity index (χ0v) is 34.3. The zero-order chi connectivity index (χ0) is 38.7. The highest BCUT2D eigenvalue weighted by Crippen LogP contribution is 2.12. The molecule has 0 saturated heterocycles. The third-order valence-electron chi connectivity index (χ3n) is 8.68. The number of hydrogen-bond acceptors (Lipinski definition) is 6.